The number of amides is 1. The third kappa shape index (κ3) is 2.35. The smallest absolute Gasteiger partial charge is 0.410 e. The number of carbonyl (C=O) groups excluding carboxylic acids is 1. The molecule has 0 N–H and O–H groups in total. The lowest BCUT2D eigenvalue weighted by atomic mass is 10.1. The molecule has 1 fully saturated rings. The summed E-state index contributed by atoms with van der Waals surface area (Å²) in [6, 6.07) is 1.81. The van der Waals surface area contributed by atoms with Gasteiger partial charge >= 0.3 is 6.09 Å². The molecule has 0 spiro atoms. The maximum absolute atomic E-state index is 11.3. The van der Waals surface area contributed by atoms with E-state index >= 15 is 0 Å². The Morgan fingerprint density at radius 3 is 3.00 bits per heavy atom. The summed E-state index contributed by atoms with van der Waals surface area (Å²) in [6.45, 7) is 4.98. The molecule has 1 saturated heterocycles. The van der Waals surface area contributed by atoms with Gasteiger partial charge in [-0.2, -0.15) is 5.26 Å². The maximum atomic E-state index is 11.3. The minimum Gasteiger partial charge on any atom is -0.449 e. The van der Waals surface area contributed by atoms with Crippen molar-refractivity contribution in [2.45, 2.75) is 26.3 Å². The van der Waals surface area contributed by atoms with Crippen molar-refractivity contribution in [3.8, 4) is 6.07 Å². The van der Waals surface area contributed by atoms with E-state index in [1.165, 1.54) is 4.90 Å². The molecule has 0 aliphatic carbocycles. The van der Waals surface area contributed by atoms with E-state index in [0.29, 0.717) is 25.5 Å². The molecule has 4 heteroatoms. The molecule has 0 aromatic rings. The molecule has 1 rings (SSSR count). The highest BCUT2D eigenvalue weighted by atomic mass is 16.6. The molecule has 13 heavy (non-hydrogen) atoms. The standard InChI is InChI=1S/C9H14N2O2/c1-7(2)6-11-8(5-10)3-4-13-9(11)12/h7-8H,3-4,6H2,1-2H3. The first-order valence-electron chi connectivity index (χ1n) is 4.48. The molecule has 1 heterocycles. The summed E-state index contributed by atoms with van der Waals surface area (Å²) in [7, 11) is 0. The van der Waals surface area contributed by atoms with Crippen molar-refractivity contribution < 1.29 is 9.53 Å². The van der Waals surface area contributed by atoms with Gasteiger partial charge in [0, 0.05) is 13.0 Å². The summed E-state index contributed by atoms with van der Waals surface area (Å²) in [4.78, 5) is 12.8. The highest BCUT2D eigenvalue weighted by Crippen LogP contribution is 2.14. The van der Waals surface area contributed by atoms with Crippen LogP contribution in [0.5, 0.6) is 0 Å². The van der Waals surface area contributed by atoms with Crippen molar-refractivity contribution in [2.24, 2.45) is 5.92 Å². The van der Waals surface area contributed by atoms with Gasteiger partial charge in [0.1, 0.15) is 6.04 Å². The first-order chi connectivity index (χ1) is 6.15. The second kappa shape index (κ2) is 4.13. The molecule has 1 unspecified atom stereocenters. The number of rotatable bonds is 2. The van der Waals surface area contributed by atoms with Gasteiger partial charge in [-0.1, -0.05) is 13.8 Å². The average Bonchev–Trinajstić information content (AvgIpc) is 2.08. The number of hydrogen-bond acceptors (Lipinski definition) is 3. The van der Waals surface area contributed by atoms with Crippen LogP contribution in [0.1, 0.15) is 20.3 Å². The van der Waals surface area contributed by atoms with Crippen LogP contribution in [0, 0.1) is 17.2 Å². The van der Waals surface area contributed by atoms with Crippen LogP contribution in [0.2, 0.25) is 0 Å². The predicted octanol–water partition coefficient (Wildman–Crippen LogP) is 1.38. The van der Waals surface area contributed by atoms with E-state index in [0.717, 1.165) is 0 Å². The molecular formula is C9H14N2O2. The summed E-state index contributed by atoms with van der Waals surface area (Å²) in [5.74, 6) is 0.362. The fraction of sp³-hybridized carbons (Fsp3) is 0.778. The SMILES string of the molecule is CC(C)CN1C(=O)OCCC1C#N. The second-order valence-corrected chi connectivity index (χ2v) is 3.59. The van der Waals surface area contributed by atoms with Gasteiger partial charge in [0.05, 0.1) is 12.7 Å². The first kappa shape index (κ1) is 9.85. The summed E-state index contributed by atoms with van der Waals surface area (Å²) in [6.07, 6.45) is 0.265. The van der Waals surface area contributed by atoms with Crippen molar-refractivity contribution in [3.63, 3.8) is 0 Å². The summed E-state index contributed by atoms with van der Waals surface area (Å²) in [5, 5.41) is 8.79. The zero-order valence-electron chi connectivity index (χ0n) is 7.99. The Bertz CT molecular complexity index is 232. The lowest BCUT2D eigenvalue weighted by molar-refractivity contribution is 0.0530. The first-order valence-corrected chi connectivity index (χ1v) is 4.48. The molecule has 0 bridgehead atoms. The zero-order valence-corrected chi connectivity index (χ0v) is 7.99. The lowest BCUT2D eigenvalue weighted by Gasteiger charge is -2.31. The average molecular weight is 182 g/mol. The topological polar surface area (TPSA) is 53.3 Å². The minimum atomic E-state index is -0.355. The summed E-state index contributed by atoms with van der Waals surface area (Å²) >= 11 is 0. The predicted molar refractivity (Wildman–Crippen MR) is 46.9 cm³/mol. The third-order valence-electron chi connectivity index (χ3n) is 1.94. The van der Waals surface area contributed by atoms with E-state index in [4.69, 9.17) is 10.00 Å². The van der Waals surface area contributed by atoms with Gasteiger partial charge in [0.2, 0.25) is 0 Å². The highest BCUT2D eigenvalue weighted by molar-refractivity contribution is 5.69. The number of ether oxygens (including phenoxy) is 1. The summed E-state index contributed by atoms with van der Waals surface area (Å²) < 4.78 is 4.86. The lowest BCUT2D eigenvalue weighted by Crippen LogP contribution is -2.46. The van der Waals surface area contributed by atoms with Crippen molar-refractivity contribution in [3.05, 3.63) is 0 Å². The second-order valence-electron chi connectivity index (χ2n) is 3.59. The van der Waals surface area contributed by atoms with Crippen LogP contribution in [-0.2, 0) is 4.74 Å². The number of cyclic esters (lactones) is 1. The van der Waals surface area contributed by atoms with Crippen LogP contribution >= 0.6 is 0 Å². The van der Waals surface area contributed by atoms with Gasteiger partial charge < -0.3 is 4.74 Å². The van der Waals surface area contributed by atoms with Gasteiger partial charge in [-0.05, 0) is 5.92 Å². The van der Waals surface area contributed by atoms with Crippen LogP contribution in [0.3, 0.4) is 0 Å². The van der Waals surface area contributed by atoms with Crippen LogP contribution in [0.25, 0.3) is 0 Å². The molecule has 72 valence electrons. The molecule has 0 aromatic carbocycles. The van der Waals surface area contributed by atoms with E-state index in [2.05, 4.69) is 6.07 Å². The number of carbonyl (C=O) groups is 1. The Hall–Kier alpha value is -1.24. The van der Waals surface area contributed by atoms with Gasteiger partial charge in [-0.15, -0.1) is 0 Å². The number of hydrogen-bond donors (Lipinski definition) is 0. The quantitative estimate of drug-likeness (QED) is 0.648. The minimum absolute atomic E-state index is 0.302. The zero-order chi connectivity index (χ0) is 9.84. The van der Waals surface area contributed by atoms with E-state index in [-0.39, 0.29) is 12.1 Å². The van der Waals surface area contributed by atoms with Crippen LogP contribution in [-0.4, -0.2) is 30.2 Å². The molecular weight excluding hydrogens is 168 g/mol. The Labute approximate surface area is 78.1 Å². The van der Waals surface area contributed by atoms with Crippen molar-refractivity contribution in [1.82, 2.24) is 4.90 Å². The molecule has 1 amide bonds. The summed E-state index contributed by atoms with van der Waals surface area (Å²) in [5.41, 5.74) is 0. The molecule has 1 atom stereocenters. The van der Waals surface area contributed by atoms with Crippen molar-refractivity contribution in [1.29, 1.82) is 5.26 Å². The highest BCUT2D eigenvalue weighted by Gasteiger charge is 2.29. The number of nitrogens with zero attached hydrogens (tertiary/aromatic N) is 2. The largest absolute Gasteiger partial charge is 0.449 e. The third-order valence-corrected chi connectivity index (χ3v) is 1.94. The molecule has 0 radical (unpaired) electrons. The molecule has 0 saturated carbocycles. The fourth-order valence-corrected chi connectivity index (χ4v) is 1.35. The van der Waals surface area contributed by atoms with Crippen LogP contribution in [0.4, 0.5) is 4.79 Å². The molecule has 1 aliphatic heterocycles. The Morgan fingerprint density at radius 2 is 2.46 bits per heavy atom. The van der Waals surface area contributed by atoms with E-state index in [1.807, 2.05) is 13.8 Å². The van der Waals surface area contributed by atoms with Crippen molar-refractivity contribution >= 4 is 6.09 Å². The van der Waals surface area contributed by atoms with Gasteiger partial charge in [0.25, 0.3) is 0 Å². The van der Waals surface area contributed by atoms with E-state index in [1.54, 1.807) is 0 Å². The number of nitriles is 1. The van der Waals surface area contributed by atoms with Gasteiger partial charge in [-0.25, -0.2) is 4.79 Å². The molecule has 0 aromatic heterocycles. The molecule has 4 nitrogen and oxygen atoms in total. The van der Waals surface area contributed by atoms with Gasteiger partial charge in [0.15, 0.2) is 0 Å². The maximum Gasteiger partial charge on any atom is 0.410 e. The normalized spacial score (nSPS) is 22.8. The fourth-order valence-electron chi connectivity index (χ4n) is 1.35. The van der Waals surface area contributed by atoms with Crippen LogP contribution < -0.4 is 0 Å². The van der Waals surface area contributed by atoms with E-state index < -0.39 is 0 Å². The van der Waals surface area contributed by atoms with Crippen LogP contribution in [0.15, 0.2) is 0 Å². The Morgan fingerprint density at radius 1 is 1.77 bits per heavy atom. The molecule has 1 aliphatic rings. The monoisotopic (exact) mass is 182 g/mol. The Balaban J connectivity index is 2.63. The van der Waals surface area contributed by atoms with E-state index in [9.17, 15) is 4.79 Å². The van der Waals surface area contributed by atoms with Crippen molar-refractivity contribution in [2.75, 3.05) is 13.2 Å². The Kier molecular flexibility index (Phi) is 3.13. The van der Waals surface area contributed by atoms with Gasteiger partial charge in [-0.3, -0.25) is 4.90 Å².